The number of carbonyl (C=O) groups excluding carboxylic acids is 2. The van der Waals surface area contributed by atoms with Gasteiger partial charge in [-0.05, 0) is 30.5 Å². The average Bonchev–Trinajstić information content (AvgIpc) is 2.90. The first kappa shape index (κ1) is 16.6. The summed E-state index contributed by atoms with van der Waals surface area (Å²) < 4.78 is 13.2. The number of hydrogen-bond donors (Lipinski definition) is 1. The largest absolute Gasteiger partial charge is 0.342 e. The first-order valence-electron chi connectivity index (χ1n) is 7.62. The molecule has 0 bridgehead atoms. The number of halogens is 1. The second-order valence-corrected chi connectivity index (χ2v) is 6.56. The lowest BCUT2D eigenvalue weighted by Crippen LogP contribution is -2.35. The number of Topliss-reactive ketones (excluding diaryl/α,β-unsaturated/α-hetero) is 1. The minimum absolute atomic E-state index is 0.0224. The topological polar surface area (TPSA) is 63.4 Å². The van der Waals surface area contributed by atoms with Gasteiger partial charge in [0.25, 0.3) is 0 Å². The number of benzene rings is 1. The van der Waals surface area contributed by atoms with E-state index in [1.54, 1.807) is 17.9 Å². The van der Waals surface area contributed by atoms with Crippen LogP contribution in [0.1, 0.15) is 37.0 Å². The van der Waals surface area contributed by atoms with Crippen LogP contribution in [0.4, 0.5) is 4.39 Å². The molecule has 1 amide bonds. The SMILES string of the molecule is CC(CC(=O)N1CCC(C)(CN)C1)C(=O)c1cccc(F)c1. The molecule has 1 aliphatic rings. The normalized spacial score (nSPS) is 22.6. The number of likely N-dealkylation sites (tertiary alicyclic amines) is 1. The Kier molecular flexibility index (Phi) is 4.96. The van der Waals surface area contributed by atoms with Gasteiger partial charge in [0.2, 0.25) is 5.91 Å². The Labute approximate surface area is 130 Å². The van der Waals surface area contributed by atoms with E-state index in [-0.39, 0.29) is 23.5 Å². The zero-order chi connectivity index (χ0) is 16.3. The summed E-state index contributed by atoms with van der Waals surface area (Å²) in [5, 5.41) is 0. The van der Waals surface area contributed by atoms with Crippen LogP contribution in [0, 0.1) is 17.2 Å². The maximum Gasteiger partial charge on any atom is 0.223 e. The van der Waals surface area contributed by atoms with Crippen LogP contribution in [0.2, 0.25) is 0 Å². The number of ketones is 1. The van der Waals surface area contributed by atoms with Gasteiger partial charge in [0.1, 0.15) is 5.82 Å². The summed E-state index contributed by atoms with van der Waals surface area (Å²) in [6.45, 7) is 5.66. The third-order valence-electron chi connectivity index (χ3n) is 4.44. The lowest BCUT2D eigenvalue weighted by Gasteiger charge is -2.23. The van der Waals surface area contributed by atoms with Gasteiger partial charge in [0, 0.05) is 31.0 Å². The molecule has 1 saturated heterocycles. The van der Waals surface area contributed by atoms with E-state index in [9.17, 15) is 14.0 Å². The molecule has 2 rings (SSSR count). The maximum atomic E-state index is 13.2. The van der Waals surface area contributed by atoms with Gasteiger partial charge in [-0.15, -0.1) is 0 Å². The van der Waals surface area contributed by atoms with Gasteiger partial charge < -0.3 is 10.6 Å². The summed E-state index contributed by atoms with van der Waals surface area (Å²) in [7, 11) is 0. The zero-order valence-corrected chi connectivity index (χ0v) is 13.1. The van der Waals surface area contributed by atoms with Gasteiger partial charge in [-0.25, -0.2) is 4.39 Å². The molecule has 0 aromatic heterocycles. The van der Waals surface area contributed by atoms with Crippen molar-refractivity contribution < 1.29 is 14.0 Å². The first-order valence-corrected chi connectivity index (χ1v) is 7.62. The molecule has 2 N–H and O–H groups in total. The average molecular weight is 306 g/mol. The van der Waals surface area contributed by atoms with Gasteiger partial charge in [0.15, 0.2) is 5.78 Å². The summed E-state index contributed by atoms with van der Waals surface area (Å²) in [6.07, 6.45) is 1.04. The maximum absolute atomic E-state index is 13.2. The molecule has 5 heteroatoms. The van der Waals surface area contributed by atoms with Crippen molar-refractivity contribution in [3.63, 3.8) is 0 Å². The standard InChI is InChI=1S/C17H23FN2O2/c1-12(16(22)13-4-3-5-14(18)9-13)8-15(21)20-7-6-17(2,10-19)11-20/h3-5,9,12H,6-8,10-11,19H2,1-2H3. The highest BCUT2D eigenvalue weighted by molar-refractivity contribution is 5.99. The van der Waals surface area contributed by atoms with Crippen LogP contribution in [-0.2, 0) is 4.79 Å². The molecule has 1 aromatic carbocycles. The summed E-state index contributed by atoms with van der Waals surface area (Å²) in [5.74, 6) is -1.13. The molecule has 0 radical (unpaired) electrons. The van der Waals surface area contributed by atoms with Crippen molar-refractivity contribution in [3.8, 4) is 0 Å². The lowest BCUT2D eigenvalue weighted by atomic mass is 9.90. The van der Waals surface area contributed by atoms with Crippen LogP contribution in [-0.4, -0.2) is 36.2 Å². The highest BCUT2D eigenvalue weighted by atomic mass is 19.1. The molecular weight excluding hydrogens is 283 g/mol. The van der Waals surface area contributed by atoms with Crippen molar-refractivity contribution in [2.45, 2.75) is 26.7 Å². The predicted molar refractivity (Wildman–Crippen MR) is 82.9 cm³/mol. The number of nitrogens with zero attached hydrogens (tertiary/aromatic N) is 1. The molecule has 4 nitrogen and oxygen atoms in total. The molecule has 1 aliphatic heterocycles. The minimum atomic E-state index is -0.459. The van der Waals surface area contributed by atoms with Crippen molar-refractivity contribution in [1.29, 1.82) is 0 Å². The predicted octanol–water partition coefficient (Wildman–Crippen LogP) is 2.23. The molecule has 2 atom stereocenters. The highest BCUT2D eigenvalue weighted by Gasteiger charge is 2.35. The fourth-order valence-electron chi connectivity index (χ4n) is 2.81. The van der Waals surface area contributed by atoms with E-state index in [4.69, 9.17) is 5.73 Å². The van der Waals surface area contributed by atoms with Gasteiger partial charge in [-0.3, -0.25) is 9.59 Å². The van der Waals surface area contributed by atoms with Crippen molar-refractivity contribution in [2.75, 3.05) is 19.6 Å². The monoisotopic (exact) mass is 306 g/mol. The van der Waals surface area contributed by atoms with E-state index in [2.05, 4.69) is 6.92 Å². The van der Waals surface area contributed by atoms with Crippen molar-refractivity contribution in [2.24, 2.45) is 17.1 Å². The number of carbonyl (C=O) groups is 2. The van der Waals surface area contributed by atoms with Gasteiger partial charge in [0.05, 0.1) is 0 Å². The quantitative estimate of drug-likeness (QED) is 0.849. The van der Waals surface area contributed by atoms with Crippen LogP contribution in [0.3, 0.4) is 0 Å². The summed E-state index contributed by atoms with van der Waals surface area (Å²) >= 11 is 0. The van der Waals surface area contributed by atoms with Gasteiger partial charge in [-0.1, -0.05) is 26.0 Å². The lowest BCUT2D eigenvalue weighted by molar-refractivity contribution is -0.131. The van der Waals surface area contributed by atoms with Crippen LogP contribution < -0.4 is 5.73 Å². The smallest absolute Gasteiger partial charge is 0.223 e. The third kappa shape index (κ3) is 3.71. The molecule has 1 heterocycles. The molecular formula is C17H23FN2O2. The van der Waals surface area contributed by atoms with E-state index in [0.717, 1.165) is 6.42 Å². The Balaban J connectivity index is 1.96. The number of nitrogens with two attached hydrogens (primary N) is 1. The fourth-order valence-corrected chi connectivity index (χ4v) is 2.81. The summed E-state index contributed by atoms with van der Waals surface area (Å²) in [5.41, 5.74) is 6.03. The molecule has 0 saturated carbocycles. The van der Waals surface area contributed by atoms with Crippen LogP contribution >= 0.6 is 0 Å². The van der Waals surface area contributed by atoms with E-state index in [1.807, 2.05) is 0 Å². The molecule has 0 aliphatic carbocycles. The third-order valence-corrected chi connectivity index (χ3v) is 4.44. The molecule has 1 fully saturated rings. The molecule has 1 aromatic rings. The first-order chi connectivity index (χ1) is 10.3. The van der Waals surface area contributed by atoms with Crippen molar-refractivity contribution in [1.82, 2.24) is 4.90 Å². The van der Waals surface area contributed by atoms with Gasteiger partial charge >= 0.3 is 0 Å². The van der Waals surface area contributed by atoms with Crippen LogP contribution in [0.5, 0.6) is 0 Å². The summed E-state index contributed by atoms with van der Waals surface area (Å²) in [6, 6.07) is 5.59. The Hall–Kier alpha value is -1.75. The van der Waals surface area contributed by atoms with Crippen LogP contribution in [0.15, 0.2) is 24.3 Å². The van der Waals surface area contributed by atoms with Crippen molar-refractivity contribution >= 4 is 11.7 Å². The Morgan fingerprint density at radius 2 is 2.18 bits per heavy atom. The zero-order valence-electron chi connectivity index (χ0n) is 13.1. The fraction of sp³-hybridized carbons (Fsp3) is 0.529. The van der Waals surface area contributed by atoms with Crippen molar-refractivity contribution in [3.05, 3.63) is 35.6 Å². The minimum Gasteiger partial charge on any atom is -0.342 e. The van der Waals surface area contributed by atoms with E-state index < -0.39 is 11.7 Å². The number of rotatable bonds is 5. The molecule has 0 spiro atoms. The Bertz CT molecular complexity index is 576. The molecule has 120 valence electrons. The van der Waals surface area contributed by atoms with Crippen LogP contribution in [0.25, 0.3) is 0 Å². The summed E-state index contributed by atoms with van der Waals surface area (Å²) in [4.78, 5) is 26.4. The second kappa shape index (κ2) is 6.57. The molecule has 22 heavy (non-hydrogen) atoms. The number of hydrogen-bond acceptors (Lipinski definition) is 3. The van der Waals surface area contributed by atoms with E-state index in [1.165, 1.54) is 18.2 Å². The highest BCUT2D eigenvalue weighted by Crippen LogP contribution is 2.29. The van der Waals surface area contributed by atoms with E-state index in [0.29, 0.717) is 25.2 Å². The Morgan fingerprint density at radius 1 is 1.45 bits per heavy atom. The molecule has 2 unspecified atom stereocenters. The number of amides is 1. The Morgan fingerprint density at radius 3 is 2.77 bits per heavy atom. The second-order valence-electron chi connectivity index (χ2n) is 6.56. The van der Waals surface area contributed by atoms with E-state index >= 15 is 0 Å². The van der Waals surface area contributed by atoms with Gasteiger partial charge in [-0.2, -0.15) is 0 Å².